The van der Waals surface area contributed by atoms with Crippen molar-refractivity contribution in [2.45, 2.75) is 69.1 Å². The van der Waals surface area contributed by atoms with Crippen molar-refractivity contribution >= 4 is 47.4 Å². The Morgan fingerprint density at radius 3 is 1.50 bits per heavy atom. The van der Waals surface area contributed by atoms with Gasteiger partial charge in [-0.1, -0.05) is 0 Å². The number of carboxylic acids is 3. The van der Waals surface area contributed by atoms with Crippen LogP contribution in [-0.4, -0.2) is 86.9 Å². The second-order valence-corrected chi connectivity index (χ2v) is 7.67. The number of rotatable bonds is 18. The molecule has 0 saturated heterocycles. The molecule has 0 bridgehead atoms. The van der Waals surface area contributed by atoms with E-state index in [1.807, 2.05) is 5.32 Å². The molecule has 5 amide bonds. The van der Waals surface area contributed by atoms with Crippen LogP contribution < -0.4 is 33.2 Å². The van der Waals surface area contributed by atoms with Gasteiger partial charge in [0, 0.05) is 19.3 Å². The lowest BCUT2D eigenvalue weighted by molar-refractivity contribution is -0.144. The van der Waals surface area contributed by atoms with E-state index in [2.05, 4.69) is 10.6 Å². The van der Waals surface area contributed by atoms with Crippen molar-refractivity contribution in [3.8, 4) is 0 Å². The maximum absolute atomic E-state index is 12.8. The topological polar surface area (TPSA) is 311 Å². The average molecular weight is 518 g/mol. The Hall–Kier alpha value is -4.28. The van der Waals surface area contributed by atoms with Gasteiger partial charge in [0.25, 0.3) is 0 Å². The number of carbonyl (C=O) groups is 8. The molecule has 0 fully saturated rings. The average Bonchev–Trinajstić information content (AvgIpc) is 2.75. The van der Waals surface area contributed by atoms with Gasteiger partial charge in [-0.05, 0) is 19.3 Å². The van der Waals surface area contributed by atoms with Crippen LogP contribution in [0.3, 0.4) is 0 Å². The molecule has 0 radical (unpaired) electrons. The van der Waals surface area contributed by atoms with Gasteiger partial charge in [-0.25, -0.2) is 4.79 Å². The summed E-state index contributed by atoms with van der Waals surface area (Å²) >= 11 is 0. The summed E-state index contributed by atoms with van der Waals surface area (Å²) in [7, 11) is 0. The fourth-order valence-corrected chi connectivity index (χ4v) is 2.72. The van der Waals surface area contributed by atoms with Crippen LogP contribution in [0.15, 0.2) is 0 Å². The molecule has 0 rings (SSSR count). The normalized spacial score (nSPS) is 13.8. The van der Waals surface area contributed by atoms with Gasteiger partial charge in [-0.2, -0.15) is 0 Å². The quantitative estimate of drug-likeness (QED) is 0.0832. The highest BCUT2D eigenvalue weighted by atomic mass is 16.4. The Labute approximate surface area is 204 Å². The second-order valence-electron chi connectivity index (χ2n) is 7.67. The first-order chi connectivity index (χ1) is 16.6. The third kappa shape index (κ3) is 13.4. The molecule has 0 spiro atoms. The van der Waals surface area contributed by atoms with Crippen LogP contribution in [0.25, 0.3) is 0 Å². The zero-order chi connectivity index (χ0) is 28.0. The van der Waals surface area contributed by atoms with E-state index in [0.29, 0.717) is 0 Å². The predicted octanol–water partition coefficient (Wildman–Crippen LogP) is -4.28. The number of primary amides is 2. The molecular formula is C19H30N6O11. The molecule has 17 heteroatoms. The largest absolute Gasteiger partial charge is 0.481 e. The maximum atomic E-state index is 12.8. The van der Waals surface area contributed by atoms with E-state index in [9.17, 15) is 43.5 Å². The Morgan fingerprint density at radius 1 is 0.583 bits per heavy atom. The molecular weight excluding hydrogens is 488 g/mol. The predicted molar refractivity (Wildman–Crippen MR) is 117 cm³/mol. The van der Waals surface area contributed by atoms with Crippen LogP contribution in [-0.2, 0) is 38.4 Å². The van der Waals surface area contributed by atoms with Gasteiger partial charge < -0.3 is 48.5 Å². The fourth-order valence-electron chi connectivity index (χ4n) is 2.72. The van der Waals surface area contributed by atoms with E-state index in [4.69, 9.17) is 27.4 Å². The number of hydrogen-bond donors (Lipinski definition) is 9. The number of nitrogens with two attached hydrogens (primary N) is 3. The number of amides is 5. The Morgan fingerprint density at radius 2 is 1.03 bits per heavy atom. The summed E-state index contributed by atoms with van der Waals surface area (Å²) in [5, 5.41) is 33.2. The van der Waals surface area contributed by atoms with E-state index in [1.54, 1.807) is 0 Å². The van der Waals surface area contributed by atoms with Gasteiger partial charge in [-0.15, -0.1) is 0 Å². The molecule has 0 aromatic heterocycles. The lowest BCUT2D eigenvalue weighted by Crippen LogP contribution is -2.57. The Kier molecular flexibility index (Phi) is 13.7. The molecule has 0 aliphatic heterocycles. The maximum Gasteiger partial charge on any atom is 0.326 e. The third-order valence-corrected chi connectivity index (χ3v) is 4.62. The molecule has 17 nitrogen and oxygen atoms in total. The number of carbonyl (C=O) groups excluding carboxylic acids is 5. The molecule has 12 N–H and O–H groups in total. The number of hydrogen-bond acceptors (Lipinski definition) is 9. The zero-order valence-electron chi connectivity index (χ0n) is 19.1. The van der Waals surface area contributed by atoms with E-state index in [-0.39, 0.29) is 19.3 Å². The summed E-state index contributed by atoms with van der Waals surface area (Å²) in [6.45, 7) is 0. The highest BCUT2D eigenvalue weighted by Crippen LogP contribution is 2.05. The van der Waals surface area contributed by atoms with Crippen LogP contribution in [0.2, 0.25) is 0 Å². The van der Waals surface area contributed by atoms with E-state index < -0.39 is 97.3 Å². The molecule has 0 heterocycles. The standard InChI is InChI=1S/C19H30N6O11/c20-8(1-4-12(21)26)16(32)23-9(2-5-13(22)27)17(33)25-11(7-15(30)31)18(34)24-10(19(35)36)3-6-14(28)29/h8-11H,1-7,20H2,(H2,21,26)(H2,22,27)(H,23,32)(H,24,34)(H,25,33)(H,28,29)(H,30,31)(H,35,36). The van der Waals surface area contributed by atoms with E-state index in [0.717, 1.165) is 0 Å². The fraction of sp³-hybridized carbons (Fsp3) is 0.579. The molecule has 0 aromatic carbocycles. The van der Waals surface area contributed by atoms with Crippen LogP contribution in [0.4, 0.5) is 0 Å². The van der Waals surface area contributed by atoms with Crippen molar-refractivity contribution < 1.29 is 53.7 Å². The minimum atomic E-state index is -1.84. The lowest BCUT2D eigenvalue weighted by atomic mass is 10.1. The highest BCUT2D eigenvalue weighted by Gasteiger charge is 2.32. The minimum Gasteiger partial charge on any atom is -0.481 e. The van der Waals surface area contributed by atoms with Crippen LogP contribution in [0.5, 0.6) is 0 Å². The second kappa shape index (κ2) is 15.6. The molecule has 0 aromatic rings. The van der Waals surface area contributed by atoms with Crippen molar-refractivity contribution in [2.75, 3.05) is 0 Å². The SMILES string of the molecule is NC(=O)CCC(N)C(=O)NC(CCC(N)=O)C(=O)NC(CC(=O)O)C(=O)NC(CCC(=O)O)C(=O)O. The lowest BCUT2D eigenvalue weighted by Gasteiger charge is -2.24. The summed E-state index contributed by atoms with van der Waals surface area (Å²) in [4.78, 5) is 92.8. The van der Waals surface area contributed by atoms with Crippen molar-refractivity contribution in [3.05, 3.63) is 0 Å². The summed E-state index contributed by atoms with van der Waals surface area (Å²) in [6.07, 6.45) is -3.32. The van der Waals surface area contributed by atoms with Crippen molar-refractivity contribution in [2.24, 2.45) is 17.2 Å². The molecule has 0 aliphatic carbocycles. The molecule has 0 saturated carbocycles. The Balaban J connectivity index is 5.58. The van der Waals surface area contributed by atoms with Crippen molar-refractivity contribution in [1.82, 2.24) is 16.0 Å². The number of nitrogens with one attached hydrogen (secondary N) is 3. The smallest absolute Gasteiger partial charge is 0.326 e. The summed E-state index contributed by atoms with van der Waals surface area (Å²) in [5.74, 6) is -9.35. The van der Waals surface area contributed by atoms with Gasteiger partial charge in [0.05, 0.1) is 12.5 Å². The van der Waals surface area contributed by atoms with Crippen molar-refractivity contribution in [3.63, 3.8) is 0 Å². The van der Waals surface area contributed by atoms with Gasteiger partial charge in [0.15, 0.2) is 0 Å². The number of aliphatic carboxylic acids is 3. The summed E-state index contributed by atoms with van der Waals surface area (Å²) < 4.78 is 0. The van der Waals surface area contributed by atoms with Crippen LogP contribution in [0.1, 0.15) is 44.9 Å². The van der Waals surface area contributed by atoms with Crippen LogP contribution >= 0.6 is 0 Å². The summed E-state index contributed by atoms with van der Waals surface area (Å²) in [5.41, 5.74) is 15.7. The first kappa shape index (κ1) is 31.7. The molecule has 4 unspecified atom stereocenters. The molecule has 0 aliphatic rings. The van der Waals surface area contributed by atoms with Gasteiger partial charge in [0.2, 0.25) is 29.5 Å². The monoisotopic (exact) mass is 518 g/mol. The van der Waals surface area contributed by atoms with Gasteiger partial charge in [0.1, 0.15) is 18.1 Å². The Bertz CT molecular complexity index is 878. The van der Waals surface area contributed by atoms with Gasteiger partial charge >= 0.3 is 17.9 Å². The first-order valence-electron chi connectivity index (χ1n) is 10.5. The van der Waals surface area contributed by atoms with Crippen LogP contribution in [0, 0.1) is 0 Å². The minimum absolute atomic E-state index is 0.164. The highest BCUT2D eigenvalue weighted by molar-refractivity contribution is 5.96. The molecule has 4 atom stereocenters. The number of carboxylic acid groups (broad SMARTS) is 3. The molecule has 202 valence electrons. The van der Waals surface area contributed by atoms with Gasteiger partial charge in [-0.3, -0.25) is 33.6 Å². The first-order valence-corrected chi connectivity index (χ1v) is 10.5. The van der Waals surface area contributed by atoms with Crippen molar-refractivity contribution in [1.29, 1.82) is 0 Å². The molecule has 36 heavy (non-hydrogen) atoms. The zero-order valence-corrected chi connectivity index (χ0v) is 19.1. The van der Waals surface area contributed by atoms with E-state index in [1.165, 1.54) is 0 Å². The van der Waals surface area contributed by atoms with E-state index >= 15 is 0 Å². The summed E-state index contributed by atoms with van der Waals surface area (Å²) in [6, 6.07) is -6.32. The third-order valence-electron chi connectivity index (χ3n) is 4.62.